The van der Waals surface area contributed by atoms with Crippen molar-refractivity contribution in [2.45, 2.75) is 242 Å². The summed E-state index contributed by atoms with van der Waals surface area (Å²) in [5.74, 6) is -2.36. The molecule has 16 unspecified atom stereocenters. The highest BCUT2D eigenvalue weighted by Gasteiger charge is 2.52. The van der Waals surface area contributed by atoms with Crippen LogP contribution in [0.4, 0.5) is 0 Å². The molecule has 3 saturated heterocycles. The molecule has 63 heavy (non-hydrogen) atoms. The van der Waals surface area contributed by atoms with Gasteiger partial charge in [0.25, 0.3) is 0 Å². The summed E-state index contributed by atoms with van der Waals surface area (Å²) in [6.07, 6.45) is 6.64. The van der Waals surface area contributed by atoms with E-state index in [1.54, 1.807) is 0 Å². The Kier molecular flexibility index (Phi) is 18.0. The maximum absolute atomic E-state index is 13.7. The summed E-state index contributed by atoms with van der Waals surface area (Å²) in [4.78, 5) is 15.8. The van der Waals surface area contributed by atoms with Gasteiger partial charge in [-0.05, 0) is 118 Å². The topological polar surface area (TPSA) is 197 Å². The number of ether oxygens (including phenoxy) is 6. The Morgan fingerprint density at radius 1 is 0.889 bits per heavy atom. The molecule has 362 valence electrons. The van der Waals surface area contributed by atoms with Gasteiger partial charge < -0.3 is 64.0 Å². The first-order chi connectivity index (χ1) is 29.5. The van der Waals surface area contributed by atoms with Gasteiger partial charge in [-0.2, -0.15) is 0 Å². The largest absolute Gasteiger partial charge is 0.491 e. The number of carbonyl (C=O) groups is 1. The standard InChI is InChI=1S/C49H83NO13/c1-11-34(51)26-35-19-17-24-49(61-35)29-39-30(2)37(63-49)27-38-33(28-46(5,6)62-38)18-15-13-12-14-16-23-47(7,56)45(55)43(60-41-21-20-36(50(9)10)32(4)58-41)42(53)31(3)44(54)48(8,57)25-22-40(52)59-39/h15,18,22,25,30-32,34-37,39,41-45,51,53-57H,11-14,16-17,19-21,23-24,26-29H2,1-10H3/b18-15+,25-22+. The van der Waals surface area contributed by atoms with Gasteiger partial charge in [0.1, 0.15) is 35.3 Å². The first-order valence-corrected chi connectivity index (χ1v) is 23.9. The van der Waals surface area contributed by atoms with E-state index in [9.17, 15) is 35.4 Å². The summed E-state index contributed by atoms with van der Waals surface area (Å²) in [5.41, 5.74) is -3.08. The minimum Gasteiger partial charge on any atom is -0.491 e. The van der Waals surface area contributed by atoms with Crippen LogP contribution in [-0.2, 0) is 33.2 Å². The van der Waals surface area contributed by atoms with Crippen molar-refractivity contribution in [3.05, 3.63) is 35.6 Å². The lowest BCUT2D eigenvalue weighted by Gasteiger charge is -2.50. The summed E-state index contributed by atoms with van der Waals surface area (Å²) >= 11 is 0. The van der Waals surface area contributed by atoms with Crippen molar-refractivity contribution in [2.75, 3.05) is 14.1 Å². The monoisotopic (exact) mass is 894 g/mol. The van der Waals surface area contributed by atoms with E-state index in [1.807, 2.05) is 34.9 Å². The zero-order valence-electron chi connectivity index (χ0n) is 39.9. The Hall–Kier alpha value is -1.95. The molecule has 0 aliphatic carbocycles. The summed E-state index contributed by atoms with van der Waals surface area (Å²) in [6, 6.07) is 0.140. The zero-order valence-corrected chi connectivity index (χ0v) is 39.9. The first kappa shape index (κ1) is 52.0. The highest BCUT2D eigenvalue weighted by molar-refractivity contribution is 5.82. The minimum atomic E-state index is -2.05. The SMILES string of the molecule is CCC(O)CC1CCCC2(CC3OC(=O)/C=C/C(C)(O)C(O)C(C)C(O)C(OC4CCC(N(C)C)C(C)O4)C(O)C(C)(O)CCCCC/C=C/C4=C(CC(O2)C3C)OC(C)(C)C4)O1. The van der Waals surface area contributed by atoms with Gasteiger partial charge in [-0.1, -0.05) is 45.8 Å². The van der Waals surface area contributed by atoms with Gasteiger partial charge in [0.05, 0.1) is 42.2 Å². The van der Waals surface area contributed by atoms with Gasteiger partial charge in [0.15, 0.2) is 12.1 Å². The lowest BCUT2D eigenvalue weighted by molar-refractivity contribution is -0.340. The molecule has 0 radical (unpaired) electrons. The van der Waals surface area contributed by atoms with E-state index in [1.165, 1.54) is 20.8 Å². The molecule has 3 fully saturated rings. The highest BCUT2D eigenvalue weighted by atomic mass is 16.7. The molecular formula is C49H83NO13. The van der Waals surface area contributed by atoms with Crippen LogP contribution in [0.5, 0.6) is 0 Å². The number of likely N-dealkylation sites (N-methyl/N-ethyl adjacent to an activating group) is 1. The van der Waals surface area contributed by atoms with Gasteiger partial charge in [-0.15, -0.1) is 0 Å². The average Bonchev–Trinajstić information content (AvgIpc) is 3.50. The Morgan fingerprint density at radius 3 is 2.30 bits per heavy atom. The third-order valence-corrected chi connectivity index (χ3v) is 14.5. The molecule has 5 rings (SSSR count). The summed E-state index contributed by atoms with van der Waals surface area (Å²) in [7, 11) is 3.96. The molecule has 2 bridgehead atoms. The fourth-order valence-corrected chi connectivity index (χ4v) is 10.4. The number of aliphatic hydroxyl groups excluding tert-OH is 4. The first-order valence-electron chi connectivity index (χ1n) is 23.9. The van der Waals surface area contributed by atoms with Gasteiger partial charge in [0.2, 0.25) is 0 Å². The van der Waals surface area contributed by atoms with Crippen LogP contribution in [0.15, 0.2) is 35.6 Å². The normalized spacial score (nSPS) is 44.2. The summed E-state index contributed by atoms with van der Waals surface area (Å²) in [5, 5.41) is 69.4. The Morgan fingerprint density at radius 2 is 1.62 bits per heavy atom. The van der Waals surface area contributed by atoms with Crippen LogP contribution in [0.3, 0.4) is 0 Å². The second-order valence-corrected chi connectivity index (χ2v) is 20.9. The fourth-order valence-electron chi connectivity index (χ4n) is 10.4. The Labute approximate surface area is 377 Å². The van der Waals surface area contributed by atoms with Gasteiger partial charge in [-0.3, -0.25) is 0 Å². The quantitative estimate of drug-likeness (QED) is 0.177. The second kappa shape index (κ2) is 21.8. The molecule has 16 atom stereocenters. The molecule has 5 aliphatic rings. The number of hydrogen-bond acceptors (Lipinski definition) is 14. The van der Waals surface area contributed by atoms with E-state index < -0.39 is 83.5 Å². The Bertz CT molecular complexity index is 1580. The van der Waals surface area contributed by atoms with E-state index in [0.717, 1.165) is 62.0 Å². The lowest BCUT2D eigenvalue weighted by Crippen LogP contribution is -2.58. The summed E-state index contributed by atoms with van der Waals surface area (Å²) < 4.78 is 39.0. The van der Waals surface area contributed by atoms with Crippen LogP contribution >= 0.6 is 0 Å². The molecule has 14 heteroatoms. The van der Waals surface area contributed by atoms with Crippen LogP contribution in [0.25, 0.3) is 0 Å². The van der Waals surface area contributed by atoms with E-state index >= 15 is 0 Å². The number of rotatable bonds is 6. The van der Waals surface area contributed by atoms with E-state index in [4.69, 9.17) is 28.4 Å². The molecule has 14 nitrogen and oxygen atoms in total. The molecule has 6 N–H and O–H groups in total. The second-order valence-electron chi connectivity index (χ2n) is 20.9. The number of aliphatic hydroxyl groups is 6. The fraction of sp³-hybridized carbons (Fsp3) is 0.857. The third kappa shape index (κ3) is 13.6. The Balaban J connectivity index is 1.44. The van der Waals surface area contributed by atoms with Crippen molar-refractivity contribution in [3.63, 3.8) is 0 Å². The maximum atomic E-state index is 13.7. The third-order valence-electron chi connectivity index (χ3n) is 14.5. The number of esters is 1. The van der Waals surface area contributed by atoms with Crippen molar-refractivity contribution in [2.24, 2.45) is 11.8 Å². The number of allylic oxidation sites excluding steroid dienone is 2. The van der Waals surface area contributed by atoms with Gasteiger partial charge in [0, 0.05) is 49.6 Å². The average molecular weight is 894 g/mol. The van der Waals surface area contributed by atoms with Crippen LogP contribution in [0.2, 0.25) is 0 Å². The van der Waals surface area contributed by atoms with E-state index in [2.05, 4.69) is 30.9 Å². The van der Waals surface area contributed by atoms with Crippen molar-refractivity contribution in [1.82, 2.24) is 4.90 Å². The van der Waals surface area contributed by atoms with Crippen molar-refractivity contribution < 1.29 is 63.9 Å². The predicted octanol–water partition coefficient (Wildman–Crippen LogP) is 5.73. The van der Waals surface area contributed by atoms with Crippen LogP contribution in [0.1, 0.15) is 152 Å². The number of fused-ring (bicyclic) bond motifs is 2. The van der Waals surface area contributed by atoms with E-state index in [0.29, 0.717) is 44.9 Å². The number of carbonyl (C=O) groups excluding carboxylic acids is 1. The predicted molar refractivity (Wildman–Crippen MR) is 238 cm³/mol. The molecule has 0 amide bonds. The smallest absolute Gasteiger partial charge is 0.330 e. The number of hydrogen-bond donors (Lipinski definition) is 6. The van der Waals surface area contributed by atoms with Gasteiger partial charge in [-0.25, -0.2) is 4.79 Å². The summed E-state index contributed by atoms with van der Waals surface area (Å²) in [6.45, 7) is 14.4. The van der Waals surface area contributed by atoms with Crippen LogP contribution in [-0.4, -0.2) is 145 Å². The molecule has 5 aliphatic heterocycles. The molecule has 0 aromatic rings. The molecular weight excluding hydrogens is 811 g/mol. The van der Waals surface area contributed by atoms with Crippen molar-refractivity contribution >= 4 is 5.97 Å². The molecule has 0 aromatic heterocycles. The van der Waals surface area contributed by atoms with Crippen molar-refractivity contribution in [3.8, 4) is 0 Å². The highest BCUT2D eigenvalue weighted by Crippen LogP contribution is 2.46. The van der Waals surface area contributed by atoms with Crippen molar-refractivity contribution in [1.29, 1.82) is 0 Å². The van der Waals surface area contributed by atoms with E-state index in [-0.39, 0.29) is 37.0 Å². The minimum absolute atomic E-state index is 0.140. The number of nitrogens with zero attached hydrogens (tertiary/aromatic N) is 1. The molecule has 0 aromatic carbocycles. The molecule has 0 saturated carbocycles. The molecule has 5 heterocycles. The molecule has 1 spiro atoms. The van der Waals surface area contributed by atoms with Gasteiger partial charge >= 0.3 is 5.97 Å². The van der Waals surface area contributed by atoms with Crippen LogP contribution in [0, 0.1) is 11.8 Å². The maximum Gasteiger partial charge on any atom is 0.330 e. The zero-order chi connectivity index (χ0) is 46.5. The van der Waals surface area contributed by atoms with Crippen LogP contribution < -0.4 is 0 Å². The lowest BCUT2D eigenvalue weighted by atomic mass is 9.79.